The summed E-state index contributed by atoms with van der Waals surface area (Å²) in [6.07, 6.45) is 3.47. The second-order valence-corrected chi connectivity index (χ2v) is 6.50. The van der Waals surface area contributed by atoms with Gasteiger partial charge in [0.1, 0.15) is 11.4 Å². The molecule has 2 aliphatic rings. The molecule has 2 rings (SSSR count). The number of Topliss-reactive ketones (excluding diaryl/α,β-unsaturated/α-hetero) is 1. The van der Waals surface area contributed by atoms with Crippen LogP contribution >= 0.6 is 0 Å². The van der Waals surface area contributed by atoms with Gasteiger partial charge in [0, 0.05) is 24.4 Å². The molecule has 6 nitrogen and oxygen atoms in total. The second-order valence-electron chi connectivity index (χ2n) is 6.50. The van der Waals surface area contributed by atoms with Gasteiger partial charge in [-0.25, -0.2) is 4.79 Å². The van der Waals surface area contributed by atoms with Gasteiger partial charge in [-0.2, -0.15) is 0 Å². The Kier molecular flexibility index (Phi) is 4.01. The minimum Gasteiger partial charge on any atom is -0.444 e. The van der Waals surface area contributed by atoms with E-state index in [9.17, 15) is 9.59 Å². The molecule has 0 aromatic carbocycles. The van der Waals surface area contributed by atoms with E-state index in [0.717, 1.165) is 12.8 Å². The van der Waals surface area contributed by atoms with Crippen LogP contribution in [0.15, 0.2) is 5.16 Å². The normalized spacial score (nSPS) is 29.1. The van der Waals surface area contributed by atoms with Crippen LogP contribution in [0.5, 0.6) is 0 Å². The first-order valence-electron chi connectivity index (χ1n) is 7.03. The highest BCUT2D eigenvalue weighted by Gasteiger charge is 2.51. The Hall–Kier alpha value is -1.59. The SMILES string of the molecule is CC(C)(C)OC(=O)N1[C@H]2CC[C@@H]1[C@@H](C(=O)C/C=N\O)C2. The predicted octanol–water partition coefficient (Wildman–Crippen LogP) is 2.19. The van der Waals surface area contributed by atoms with Gasteiger partial charge < -0.3 is 14.8 Å². The van der Waals surface area contributed by atoms with Crippen LogP contribution in [0.4, 0.5) is 4.79 Å². The summed E-state index contributed by atoms with van der Waals surface area (Å²) in [5, 5.41) is 11.3. The number of hydrogen-bond acceptors (Lipinski definition) is 5. The van der Waals surface area contributed by atoms with Gasteiger partial charge in [-0.15, -0.1) is 5.16 Å². The Balaban J connectivity index is 2.04. The summed E-state index contributed by atoms with van der Waals surface area (Å²) in [6.45, 7) is 5.51. The molecule has 0 spiro atoms. The van der Waals surface area contributed by atoms with E-state index in [0.29, 0.717) is 6.42 Å². The average molecular weight is 282 g/mol. The van der Waals surface area contributed by atoms with Crippen molar-refractivity contribution in [1.29, 1.82) is 0 Å². The number of carbonyl (C=O) groups excluding carboxylic acids is 2. The Morgan fingerprint density at radius 3 is 2.70 bits per heavy atom. The summed E-state index contributed by atoms with van der Waals surface area (Å²) in [5.41, 5.74) is -0.526. The molecule has 0 radical (unpaired) electrons. The van der Waals surface area contributed by atoms with E-state index in [1.165, 1.54) is 6.21 Å². The Morgan fingerprint density at radius 1 is 1.40 bits per heavy atom. The van der Waals surface area contributed by atoms with Crippen molar-refractivity contribution in [3.63, 3.8) is 0 Å². The Bertz CT molecular complexity index is 427. The smallest absolute Gasteiger partial charge is 0.410 e. The molecule has 0 aromatic rings. The highest BCUT2D eigenvalue weighted by Crippen LogP contribution is 2.43. The fraction of sp³-hybridized carbons (Fsp3) is 0.786. The lowest BCUT2D eigenvalue weighted by Gasteiger charge is -2.28. The summed E-state index contributed by atoms with van der Waals surface area (Å²) in [5.74, 6) is -0.122. The van der Waals surface area contributed by atoms with Crippen molar-refractivity contribution in [2.45, 2.75) is 64.1 Å². The van der Waals surface area contributed by atoms with E-state index >= 15 is 0 Å². The Labute approximate surface area is 118 Å². The van der Waals surface area contributed by atoms with Gasteiger partial charge in [0.2, 0.25) is 0 Å². The standard InChI is InChI=1S/C14H22N2O4/c1-14(2,3)20-13(18)16-9-4-5-11(16)10(8-9)12(17)6-7-15-19/h7,9-11,19H,4-6,8H2,1-3H3/b15-7-/t9-,10-,11+/m0/s1. The lowest BCUT2D eigenvalue weighted by molar-refractivity contribution is -0.122. The van der Waals surface area contributed by atoms with Gasteiger partial charge in [0.25, 0.3) is 0 Å². The van der Waals surface area contributed by atoms with Gasteiger partial charge in [-0.05, 0) is 40.0 Å². The largest absolute Gasteiger partial charge is 0.444 e. The third-order valence-electron chi connectivity index (χ3n) is 3.93. The second kappa shape index (κ2) is 5.42. The molecule has 112 valence electrons. The zero-order valence-corrected chi connectivity index (χ0v) is 12.2. The van der Waals surface area contributed by atoms with Crippen LogP contribution in [0.3, 0.4) is 0 Å². The maximum Gasteiger partial charge on any atom is 0.410 e. The Morgan fingerprint density at radius 2 is 2.10 bits per heavy atom. The molecule has 2 bridgehead atoms. The molecule has 0 unspecified atom stereocenters. The van der Waals surface area contributed by atoms with Gasteiger partial charge in [-0.3, -0.25) is 4.79 Å². The molecule has 2 aliphatic heterocycles. The van der Waals surface area contributed by atoms with Crippen LogP contribution in [0.25, 0.3) is 0 Å². The fourth-order valence-electron chi connectivity index (χ4n) is 3.22. The summed E-state index contributed by atoms with van der Waals surface area (Å²) >= 11 is 0. The number of oxime groups is 1. The lowest BCUT2D eigenvalue weighted by Crippen LogP contribution is -2.41. The molecule has 0 aliphatic carbocycles. The maximum atomic E-state index is 12.2. The lowest BCUT2D eigenvalue weighted by atomic mass is 9.85. The number of nitrogens with zero attached hydrogens (tertiary/aromatic N) is 2. The third kappa shape index (κ3) is 2.94. The molecule has 1 N–H and O–H groups in total. The van der Waals surface area contributed by atoms with Crippen molar-refractivity contribution in [1.82, 2.24) is 4.90 Å². The van der Waals surface area contributed by atoms with Gasteiger partial charge in [0.15, 0.2) is 0 Å². The number of fused-ring (bicyclic) bond motifs is 2. The zero-order chi connectivity index (χ0) is 14.9. The van der Waals surface area contributed by atoms with E-state index in [1.807, 2.05) is 20.8 Å². The summed E-state index contributed by atoms with van der Waals surface area (Å²) in [6, 6.07) is 0.0457. The third-order valence-corrected chi connectivity index (χ3v) is 3.93. The first-order chi connectivity index (χ1) is 9.33. The molecular weight excluding hydrogens is 260 g/mol. The van der Waals surface area contributed by atoms with Crippen LogP contribution in [0.1, 0.15) is 46.5 Å². The molecule has 3 atom stereocenters. The molecule has 2 heterocycles. The topological polar surface area (TPSA) is 79.2 Å². The van der Waals surface area contributed by atoms with E-state index in [4.69, 9.17) is 9.94 Å². The van der Waals surface area contributed by atoms with Crippen molar-refractivity contribution in [2.24, 2.45) is 11.1 Å². The molecule has 1 amide bonds. The predicted molar refractivity (Wildman–Crippen MR) is 72.9 cm³/mol. The van der Waals surface area contributed by atoms with Crippen LogP contribution in [-0.4, -0.2) is 45.9 Å². The van der Waals surface area contributed by atoms with Gasteiger partial charge in [-0.1, -0.05) is 0 Å². The van der Waals surface area contributed by atoms with Crippen molar-refractivity contribution < 1.29 is 19.5 Å². The molecule has 2 fully saturated rings. The van der Waals surface area contributed by atoms with Crippen LogP contribution in [-0.2, 0) is 9.53 Å². The quantitative estimate of drug-likeness (QED) is 0.489. The molecule has 6 heteroatoms. The van der Waals surface area contributed by atoms with Crippen molar-refractivity contribution >= 4 is 18.1 Å². The highest BCUT2D eigenvalue weighted by molar-refractivity contribution is 5.94. The van der Waals surface area contributed by atoms with E-state index in [1.54, 1.807) is 4.90 Å². The van der Waals surface area contributed by atoms with Gasteiger partial charge >= 0.3 is 6.09 Å². The van der Waals surface area contributed by atoms with E-state index in [2.05, 4.69) is 5.16 Å². The highest BCUT2D eigenvalue weighted by atomic mass is 16.6. The number of amides is 1. The number of rotatable bonds is 3. The van der Waals surface area contributed by atoms with E-state index in [-0.39, 0.29) is 36.3 Å². The first kappa shape index (κ1) is 14.8. The summed E-state index contributed by atoms with van der Waals surface area (Å²) in [4.78, 5) is 26.0. The monoisotopic (exact) mass is 282 g/mol. The number of ketones is 1. The minimum atomic E-state index is -0.526. The summed E-state index contributed by atoms with van der Waals surface area (Å²) in [7, 11) is 0. The molecule has 20 heavy (non-hydrogen) atoms. The summed E-state index contributed by atoms with van der Waals surface area (Å²) < 4.78 is 5.42. The van der Waals surface area contributed by atoms with Gasteiger partial charge in [0.05, 0.1) is 6.21 Å². The number of carbonyl (C=O) groups is 2. The molecule has 0 aromatic heterocycles. The number of ether oxygens (including phenoxy) is 1. The number of hydrogen-bond donors (Lipinski definition) is 1. The van der Waals surface area contributed by atoms with Crippen molar-refractivity contribution in [3.8, 4) is 0 Å². The zero-order valence-electron chi connectivity index (χ0n) is 12.2. The fourth-order valence-corrected chi connectivity index (χ4v) is 3.22. The molecule has 0 saturated carbocycles. The average Bonchev–Trinajstić information content (AvgIpc) is 2.91. The first-order valence-corrected chi connectivity index (χ1v) is 7.03. The van der Waals surface area contributed by atoms with Crippen LogP contribution < -0.4 is 0 Å². The minimum absolute atomic E-state index is 0.0311. The van der Waals surface area contributed by atoms with Crippen LogP contribution in [0.2, 0.25) is 0 Å². The maximum absolute atomic E-state index is 12.2. The van der Waals surface area contributed by atoms with Crippen LogP contribution in [0, 0.1) is 5.92 Å². The molecular formula is C14H22N2O4. The van der Waals surface area contributed by atoms with E-state index < -0.39 is 5.60 Å². The molecule has 2 saturated heterocycles. The van der Waals surface area contributed by atoms with Crippen molar-refractivity contribution in [2.75, 3.05) is 0 Å². The van der Waals surface area contributed by atoms with Crippen molar-refractivity contribution in [3.05, 3.63) is 0 Å².